The molecule has 0 radical (unpaired) electrons. The summed E-state index contributed by atoms with van der Waals surface area (Å²) in [5.74, 6) is 0.719. The van der Waals surface area contributed by atoms with Gasteiger partial charge in [-0.3, -0.25) is 10.1 Å². The molecule has 0 saturated carbocycles. The van der Waals surface area contributed by atoms with Gasteiger partial charge in [0.05, 0.1) is 16.8 Å². The lowest BCUT2D eigenvalue weighted by Crippen LogP contribution is -1.88. The number of H-pyrrole nitrogens is 2. The highest BCUT2D eigenvalue weighted by atomic mass is 32.1. The Balaban J connectivity index is 1.62. The second-order valence-electron chi connectivity index (χ2n) is 6.76. The van der Waals surface area contributed by atoms with Gasteiger partial charge in [-0.25, -0.2) is 9.97 Å². The van der Waals surface area contributed by atoms with Crippen LogP contribution in [0.15, 0.2) is 72.9 Å². The summed E-state index contributed by atoms with van der Waals surface area (Å²) in [4.78, 5) is 18.4. The summed E-state index contributed by atoms with van der Waals surface area (Å²) >= 11 is 1.68. The van der Waals surface area contributed by atoms with E-state index in [1.165, 1.54) is 0 Å². The third kappa shape index (κ3) is 3.15. The predicted octanol–water partition coefficient (Wildman–Crippen LogP) is 5.40. The number of aromatic amines is 2. The van der Waals surface area contributed by atoms with Crippen molar-refractivity contribution in [1.29, 1.82) is 0 Å². The van der Waals surface area contributed by atoms with Crippen LogP contribution in [0.1, 0.15) is 16.3 Å². The Labute approximate surface area is 177 Å². The van der Waals surface area contributed by atoms with Crippen LogP contribution in [0.3, 0.4) is 0 Å². The van der Waals surface area contributed by atoms with Gasteiger partial charge in [-0.1, -0.05) is 30.9 Å². The van der Waals surface area contributed by atoms with E-state index >= 15 is 0 Å². The van der Waals surface area contributed by atoms with Crippen LogP contribution in [0.4, 0.5) is 0 Å². The van der Waals surface area contributed by atoms with Gasteiger partial charge in [0.25, 0.3) is 0 Å². The molecule has 146 valence electrons. The van der Waals surface area contributed by atoms with Crippen LogP contribution < -0.4 is 0 Å². The number of allylic oxidation sites excluding steroid dienone is 2. The van der Waals surface area contributed by atoms with Gasteiger partial charge in [-0.05, 0) is 36.6 Å². The Morgan fingerprint density at radius 1 is 1.17 bits per heavy atom. The number of nitrogens with one attached hydrogen (secondary N) is 2. The van der Waals surface area contributed by atoms with E-state index in [0.29, 0.717) is 5.65 Å². The van der Waals surface area contributed by atoms with Crippen LogP contribution in [0.2, 0.25) is 0 Å². The van der Waals surface area contributed by atoms with Gasteiger partial charge in [-0.2, -0.15) is 5.10 Å². The van der Waals surface area contributed by atoms with E-state index < -0.39 is 0 Å². The fourth-order valence-electron chi connectivity index (χ4n) is 3.42. The number of imidazole rings is 1. The van der Waals surface area contributed by atoms with Crippen LogP contribution in [0, 0.1) is 6.92 Å². The molecule has 0 aromatic carbocycles. The maximum absolute atomic E-state index is 4.90. The number of aromatic nitrogens is 6. The van der Waals surface area contributed by atoms with E-state index in [1.807, 2.05) is 43.3 Å². The van der Waals surface area contributed by atoms with Crippen molar-refractivity contribution in [2.75, 3.05) is 0 Å². The molecule has 0 aliphatic carbocycles. The lowest BCUT2D eigenvalue weighted by Gasteiger charge is -2.02. The topological polar surface area (TPSA) is 83.1 Å². The largest absolute Gasteiger partial charge is 0.340 e. The number of pyridine rings is 2. The number of rotatable bonds is 5. The fraction of sp³-hybridized carbons (Fsp3) is 0.0435. The van der Waals surface area contributed by atoms with Gasteiger partial charge in [-0.15, -0.1) is 11.3 Å². The minimum Gasteiger partial charge on any atom is -0.340 e. The lowest BCUT2D eigenvalue weighted by molar-refractivity contribution is 1.08. The molecule has 5 aromatic rings. The summed E-state index contributed by atoms with van der Waals surface area (Å²) in [7, 11) is 0. The maximum atomic E-state index is 4.90. The molecule has 0 amide bonds. The number of hydrogen-bond donors (Lipinski definition) is 2. The molecule has 5 rings (SSSR count). The van der Waals surface area contributed by atoms with Crippen molar-refractivity contribution in [3.05, 3.63) is 89.2 Å². The third-order valence-corrected chi connectivity index (χ3v) is 5.72. The fourth-order valence-corrected chi connectivity index (χ4v) is 4.17. The Morgan fingerprint density at radius 2 is 2.10 bits per heavy atom. The first-order valence-electron chi connectivity index (χ1n) is 9.44. The molecule has 2 N–H and O–H groups in total. The Hall–Kier alpha value is -3.84. The minimum atomic E-state index is 0.639. The van der Waals surface area contributed by atoms with Crippen LogP contribution in [0.5, 0.6) is 0 Å². The molecule has 0 spiro atoms. The van der Waals surface area contributed by atoms with Crippen molar-refractivity contribution in [3.63, 3.8) is 0 Å². The van der Waals surface area contributed by atoms with Gasteiger partial charge >= 0.3 is 0 Å². The van der Waals surface area contributed by atoms with Crippen LogP contribution in [-0.2, 0) is 0 Å². The van der Waals surface area contributed by atoms with E-state index in [1.54, 1.807) is 29.8 Å². The monoisotopic (exact) mass is 410 g/mol. The Kier molecular flexibility index (Phi) is 4.57. The minimum absolute atomic E-state index is 0.639. The smallest absolute Gasteiger partial charge is 0.181 e. The highest BCUT2D eigenvalue weighted by Gasteiger charge is 2.18. The molecule has 0 aliphatic heterocycles. The quantitative estimate of drug-likeness (QED) is 0.380. The lowest BCUT2D eigenvalue weighted by atomic mass is 10.1. The molecule has 0 atom stereocenters. The SMILES string of the molecule is C=C/C=C(/c1cccs1)c1nc(-c2[nH]nc3ncc(-c4ccccn4)cc23)[nH]c1C. The van der Waals surface area contributed by atoms with Gasteiger partial charge in [0.2, 0.25) is 0 Å². The summed E-state index contributed by atoms with van der Waals surface area (Å²) in [6.07, 6.45) is 7.34. The average molecular weight is 411 g/mol. The van der Waals surface area contributed by atoms with Crippen molar-refractivity contribution in [2.24, 2.45) is 0 Å². The van der Waals surface area contributed by atoms with Crippen LogP contribution in [0.25, 0.3) is 39.4 Å². The highest BCUT2D eigenvalue weighted by Crippen LogP contribution is 2.32. The predicted molar refractivity (Wildman–Crippen MR) is 121 cm³/mol. The van der Waals surface area contributed by atoms with Gasteiger partial charge in [0.15, 0.2) is 11.5 Å². The van der Waals surface area contributed by atoms with E-state index in [0.717, 1.165) is 50.0 Å². The summed E-state index contributed by atoms with van der Waals surface area (Å²) in [6.45, 7) is 5.88. The number of thiophene rings is 1. The molecular weight excluding hydrogens is 392 g/mol. The first-order chi connectivity index (χ1) is 14.7. The number of aryl methyl sites for hydroxylation is 1. The Morgan fingerprint density at radius 3 is 2.87 bits per heavy atom. The van der Waals surface area contributed by atoms with E-state index in [9.17, 15) is 0 Å². The van der Waals surface area contributed by atoms with Crippen molar-refractivity contribution in [3.8, 4) is 22.8 Å². The number of hydrogen-bond acceptors (Lipinski definition) is 5. The van der Waals surface area contributed by atoms with Gasteiger partial charge in [0, 0.05) is 34.1 Å². The molecule has 0 aliphatic rings. The van der Waals surface area contributed by atoms with E-state index in [4.69, 9.17) is 4.98 Å². The number of fused-ring (bicyclic) bond motifs is 1. The second-order valence-corrected chi connectivity index (χ2v) is 7.71. The van der Waals surface area contributed by atoms with Crippen molar-refractivity contribution in [1.82, 2.24) is 30.1 Å². The molecule has 7 heteroatoms. The molecule has 0 unspecified atom stereocenters. The molecule has 5 aromatic heterocycles. The first-order valence-corrected chi connectivity index (χ1v) is 10.3. The van der Waals surface area contributed by atoms with Crippen molar-refractivity contribution >= 4 is 27.9 Å². The zero-order valence-corrected chi connectivity index (χ0v) is 17.1. The molecule has 30 heavy (non-hydrogen) atoms. The second kappa shape index (κ2) is 7.53. The molecule has 0 bridgehead atoms. The maximum Gasteiger partial charge on any atom is 0.181 e. The molecule has 5 heterocycles. The number of nitrogens with zero attached hydrogens (tertiary/aromatic N) is 4. The molecular formula is C23H18N6S. The summed E-state index contributed by atoms with van der Waals surface area (Å²) in [6, 6.07) is 12.0. The van der Waals surface area contributed by atoms with Crippen molar-refractivity contribution in [2.45, 2.75) is 6.92 Å². The highest BCUT2D eigenvalue weighted by molar-refractivity contribution is 7.11. The summed E-state index contributed by atoms with van der Waals surface area (Å²) in [5, 5.41) is 10.4. The molecule has 0 fully saturated rings. The Bertz CT molecular complexity index is 1360. The van der Waals surface area contributed by atoms with E-state index in [2.05, 4.69) is 43.2 Å². The summed E-state index contributed by atoms with van der Waals surface area (Å²) < 4.78 is 0. The molecule has 0 saturated heterocycles. The van der Waals surface area contributed by atoms with Gasteiger partial charge < -0.3 is 4.98 Å². The standard InChI is InChI=1S/C23H18N6S/c1-3-7-16(19-9-6-11-30-19)20-14(2)26-23(27-20)21-17-12-15(13-25-22(17)29-28-21)18-8-4-5-10-24-18/h3-13H,1H2,2H3,(H,26,27)(H,25,28,29)/b16-7-. The summed E-state index contributed by atoms with van der Waals surface area (Å²) in [5.41, 5.74) is 6.14. The van der Waals surface area contributed by atoms with E-state index in [-0.39, 0.29) is 0 Å². The van der Waals surface area contributed by atoms with Crippen LogP contribution in [-0.4, -0.2) is 30.1 Å². The average Bonchev–Trinajstić information content (AvgIpc) is 3.52. The zero-order valence-electron chi connectivity index (χ0n) is 16.3. The first kappa shape index (κ1) is 18.2. The normalized spacial score (nSPS) is 11.8. The molecule has 6 nitrogen and oxygen atoms in total. The van der Waals surface area contributed by atoms with Crippen molar-refractivity contribution < 1.29 is 0 Å². The zero-order chi connectivity index (χ0) is 20.5. The van der Waals surface area contributed by atoms with Gasteiger partial charge in [0.1, 0.15) is 5.69 Å². The van der Waals surface area contributed by atoms with Crippen LogP contribution >= 0.6 is 11.3 Å². The third-order valence-electron chi connectivity index (χ3n) is 4.82.